The first-order chi connectivity index (χ1) is 8.16. The molecule has 0 atom stereocenters. The lowest BCUT2D eigenvalue weighted by Crippen LogP contribution is -2.00. The van der Waals surface area contributed by atoms with E-state index in [1.165, 1.54) is 12.1 Å². The lowest BCUT2D eigenvalue weighted by molar-refractivity contribution is 0.469. The van der Waals surface area contributed by atoms with E-state index in [0.29, 0.717) is 17.1 Å². The van der Waals surface area contributed by atoms with Gasteiger partial charge in [-0.25, -0.2) is 4.39 Å². The predicted octanol–water partition coefficient (Wildman–Crippen LogP) is 3.80. The van der Waals surface area contributed by atoms with Gasteiger partial charge in [-0.3, -0.25) is 0 Å². The van der Waals surface area contributed by atoms with Crippen LogP contribution in [-0.4, -0.2) is 5.11 Å². The van der Waals surface area contributed by atoms with Gasteiger partial charge in [0.15, 0.2) is 0 Å². The Morgan fingerprint density at radius 2 is 1.82 bits per heavy atom. The van der Waals surface area contributed by atoms with Gasteiger partial charge in [0.1, 0.15) is 11.6 Å². The van der Waals surface area contributed by atoms with Crippen molar-refractivity contribution in [1.82, 2.24) is 0 Å². The fourth-order valence-corrected chi connectivity index (χ4v) is 1.72. The summed E-state index contributed by atoms with van der Waals surface area (Å²) in [4.78, 5) is 0. The molecule has 0 aliphatic rings. The fraction of sp³-hybridized carbons (Fsp3) is 0.0769. The summed E-state index contributed by atoms with van der Waals surface area (Å²) >= 11 is 5.96. The predicted molar refractivity (Wildman–Crippen MR) is 66.8 cm³/mol. The Labute approximate surface area is 104 Å². The molecular weight excluding hydrogens is 241 g/mol. The maximum Gasteiger partial charge on any atom is 0.123 e. The monoisotopic (exact) mass is 251 g/mol. The van der Waals surface area contributed by atoms with Crippen molar-refractivity contribution in [3.8, 4) is 5.75 Å². The van der Waals surface area contributed by atoms with Crippen LogP contribution in [0.4, 0.5) is 10.1 Å². The minimum absolute atomic E-state index is 0.145. The smallest absolute Gasteiger partial charge is 0.123 e. The Kier molecular flexibility index (Phi) is 3.49. The van der Waals surface area contributed by atoms with E-state index in [2.05, 4.69) is 5.32 Å². The van der Waals surface area contributed by atoms with Gasteiger partial charge in [-0.15, -0.1) is 0 Å². The van der Waals surface area contributed by atoms with Gasteiger partial charge < -0.3 is 10.4 Å². The van der Waals surface area contributed by atoms with Crippen molar-refractivity contribution in [3.63, 3.8) is 0 Å². The standard InChI is InChI=1S/C13H11ClFNO/c14-12-2-1-3-13(17)11(12)8-16-10-6-4-9(15)5-7-10/h1-7,16-17H,8H2. The Morgan fingerprint density at radius 3 is 2.47 bits per heavy atom. The van der Waals surface area contributed by atoms with Crippen LogP contribution in [0, 0.1) is 5.82 Å². The molecule has 2 aromatic carbocycles. The number of hydrogen-bond donors (Lipinski definition) is 2. The molecule has 0 radical (unpaired) electrons. The van der Waals surface area contributed by atoms with Crippen molar-refractivity contribution in [1.29, 1.82) is 0 Å². The molecule has 0 bridgehead atoms. The van der Waals surface area contributed by atoms with Crippen LogP contribution >= 0.6 is 11.6 Å². The summed E-state index contributed by atoms with van der Waals surface area (Å²) in [6.45, 7) is 0.386. The van der Waals surface area contributed by atoms with E-state index in [9.17, 15) is 9.50 Å². The van der Waals surface area contributed by atoms with E-state index in [-0.39, 0.29) is 11.6 Å². The first-order valence-corrected chi connectivity index (χ1v) is 5.50. The maximum absolute atomic E-state index is 12.7. The second-order valence-electron chi connectivity index (χ2n) is 3.60. The van der Waals surface area contributed by atoms with Crippen molar-refractivity contribution in [2.24, 2.45) is 0 Å². The molecule has 2 rings (SSSR count). The minimum atomic E-state index is -0.281. The molecule has 2 nitrogen and oxygen atoms in total. The fourth-order valence-electron chi connectivity index (χ4n) is 1.48. The molecular formula is C13H11ClFNO. The number of anilines is 1. The summed E-state index contributed by atoms with van der Waals surface area (Å²) in [5, 5.41) is 13.2. The molecule has 0 fully saturated rings. The third-order valence-electron chi connectivity index (χ3n) is 2.41. The van der Waals surface area contributed by atoms with Crippen LogP contribution in [0.3, 0.4) is 0 Å². The number of hydrogen-bond acceptors (Lipinski definition) is 2. The molecule has 0 amide bonds. The average molecular weight is 252 g/mol. The molecule has 0 saturated heterocycles. The topological polar surface area (TPSA) is 32.3 Å². The summed E-state index contributed by atoms with van der Waals surface area (Å²) in [5.74, 6) is -0.136. The van der Waals surface area contributed by atoms with E-state index in [0.717, 1.165) is 5.69 Å². The number of nitrogens with one attached hydrogen (secondary N) is 1. The molecule has 0 spiro atoms. The van der Waals surface area contributed by atoms with E-state index < -0.39 is 0 Å². The van der Waals surface area contributed by atoms with Crippen LogP contribution in [-0.2, 0) is 6.54 Å². The molecule has 17 heavy (non-hydrogen) atoms. The van der Waals surface area contributed by atoms with Gasteiger partial charge in [-0.1, -0.05) is 17.7 Å². The van der Waals surface area contributed by atoms with Gasteiger partial charge in [-0.05, 0) is 36.4 Å². The van der Waals surface area contributed by atoms with Crippen LogP contribution in [0.5, 0.6) is 5.75 Å². The summed E-state index contributed by atoms with van der Waals surface area (Å²) in [6.07, 6.45) is 0. The molecule has 0 aromatic heterocycles. The highest BCUT2D eigenvalue weighted by Crippen LogP contribution is 2.26. The molecule has 2 aromatic rings. The van der Waals surface area contributed by atoms with Gasteiger partial charge in [0.05, 0.1) is 0 Å². The molecule has 0 unspecified atom stereocenters. The third-order valence-corrected chi connectivity index (χ3v) is 2.76. The minimum Gasteiger partial charge on any atom is -0.508 e. The molecule has 4 heteroatoms. The van der Waals surface area contributed by atoms with Crippen LogP contribution in [0.1, 0.15) is 5.56 Å². The SMILES string of the molecule is Oc1cccc(Cl)c1CNc1ccc(F)cc1. The Bertz CT molecular complexity index is 493. The molecule has 0 aliphatic carbocycles. The molecule has 0 saturated carbocycles. The second-order valence-corrected chi connectivity index (χ2v) is 4.01. The van der Waals surface area contributed by atoms with E-state index in [1.54, 1.807) is 30.3 Å². The lowest BCUT2D eigenvalue weighted by atomic mass is 10.2. The number of rotatable bonds is 3. The molecule has 88 valence electrons. The summed E-state index contributed by atoms with van der Waals surface area (Å²) in [5.41, 5.74) is 1.39. The summed E-state index contributed by atoms with van der Waals surface area (Å²) in [7, 11) is 0. The first kappa shape index (κ1) is 11.7. The zero-order valence-corrected chi connectivity index (χ0v) is 9.71. The van der Waals surface area contributed by atoms with Crippen LogP contribution in [0.2, 0.25) is 5.02 Å². The molecule has 2 N–H and O–H groups in total. The van der Waals surface area contributed by atoms with E-state index in [4.69, 9.17) is 11.6 Å². The third kappa shape index (κ3) is 2.88. The maximum atomic E-state index is 12.7. The zero-order chi connectivity index (χ0) is 12.3. The van der Waals surface area contributed by atoms with Crippen molar-refractivity contribution < 1.29 is 9.50 Å². The normalized spacial score (nSPS) is 10.2. The van der Waals surface area contributed by atoms with Gasteiger partial charge in [0.2, 0.25) is 0 Å². The van der Waals surface area contributed by atoms with E-state index >= 15 is 0 Å². The van der Waals surface area contributed by atoms with Crippen molar-refractivity contribution in [2.75, 3.05) is 5.32 Å². The zero-order valence-electron chi connectivity index (χ0n) is 8.95. The molecule has 0 heterocycles. The van der Waals surface area contributed by atoms with Gasteiger partial charge >= 0.3 is 0 Å². The largest absolute Gasteiger partial charge is 0.508 e. The highest BCUT2D eigenvalue weighted by molar-refractivity contribution is 6.31. The lowest BCUT2D eigenvalue weighted by Gasteiger charge is -2.09. The van der Waals surface area contributed by atoms with Crippen molar-refractivity contribution in [2.45, 2.75) is 6.54 Å². The Morgan fingerprint density at radius 1 is 1.12 bits per heavy atom. The number of aromatic hydroxyl groups is 1. The number of halogens is 2. The highest BCUT2D eigenvalue weighted by atomic mass is 35.5. The number of benzene rings is 2. The van der Waals surface area contributed by atoms with Gasteiger partial charge in [0.25, 0.3) is 0 Å². The number of phenols is 1. The van der Waals surface area contributed by atoms with Crippen LogP contribution < -0.4 is 5.32 Å². The van der Waals surface area contributed by atoms with Crippen LogP contribution in [0.15, 0.2) is 42.5 Å². The first-order valence-electron chi connectivity index (χ1n) is 5.12. The van der Waals surface area contributed by atoms with Gasteiger partial charge in [0, 0.05) is 22.8 Å². The number of phenolic OH excluding ortho intramolecular Hbond substituents is 1. The summed E-state index contributed by atoms with van der Waals surface area (Å²) < 4.78 is 12.7. The van der Waals surface area contributed by atoms with Crippen molar-refractivity contribution in [3.05, 3.63) is 58.9 Å². The second kappa shape index (κ2) is 5.06. The van der Waals surface area contributed by atoms with E-state index in [1.807, 2.05) is 0 Å². The quantitative estimate of drug-likeness (QED) is 0.870. The van der Waals surface area contributed by atoms with Crippen LogP contribution in [0.25, 0.3) is 0 Å². The van der Waals surface area contributed by atoms with Gasteiger partial charge in [-0.2, -0.15) is 0 Å². The molecule has 0 aliphatic heterocycles. The Hall–Kier alpha value is -1.74. The Balaban J connectivity index is 2.10. The van der Waals surface area contributed by atoms with Crippen molar-refractivity contribution >= 4 is 17.3 Å². The average Bonchev–Trinajstić information content (AvgIpc) is 2.31. The summed E-state index contributed by atoms with van der Waals surface area (Å²) in [6, 6.07) is 11.0. The highest BCUT2D eigenvalue weighted by Gasteiger charge is 2.05.